The Bertz CT molecular complexity index is 210. The number of anilines is 1. The molecule has 3 heteroatoms. The van der Waals surface area contributed by atoms with Gasteiger partial charge >= 0.3 is 0 Å². The zero-order valence-corrected chi connectivity index (χ0v) is 5.91. The number of nitrogen functional groups attached to an aromatic ring is 1. The van der Waals surface area contributed by atoms with Crippen LogP contribution in [0.1, 0.15) is 6.92 Å². The maximum Gasteiger partial charge on any atom is 0.148 e. The van der Waals surface area contributed by atoms with Gasteiger partial charge in [0.2, 0.25) is 0 Å². The molecule has 1 heterocycles. The highest BCUT2D eigenvalue weighted by Gasteiger charge is 1.95. The van der Waals surface area contributed by atoms with Gasteiger partial charge in [-0.25, -0.2) is 4.98 Å². The Morgan fingerprint density at radius 1 is 1.70 bits per heavy atom. The Labute approximate surface area is 60.3 Å². The van der Waals surface area contributed by atoms with Crippen molar-refractivity contribution >= 4 is 11.5 Å². The Hall–Kier alpha value is -1.25. The van der Waals surface area contributed by atoms with E-state index in [9.17, 15) is 0 Å². The van der Waals surface area contributed by atoms with Gasteiger partial charge in [-0.05, 0) is 19.1 Å². The van der Waals surface area contributed by atoms with Crippen LogP contribution in [0.15, 0.2) is 18.3 Å². The van der Waals surface area contributed by atoms with Gasteiger partial charge in [0, 0.05) is 12.7 Å². The van der Waals surface area contributed by atoms with Gasteiger partial charge in [-0.15, -0.1) is 0 Å². The van der Waals surface area contributed by atoms with E-state index in [1.54, 1.807) is 6.20 Å². The SMILES string of the molecule is CC[N]c1cccnc1N. The molecule has 0 saturated carbocycles. The van der Waals surface area contributed by atoms with Crippen LogP contribution < -0.4 is 11.1 Å². The molecule has 0 fully saturated rings. The number of nitrogens with two attached hydrogens (primary N) is 1. The fraction of sp³-hybridized carbons (Fsp3) is 0.286. The molecular formula is C7H10N3. The first kappa shape index (κ1) is 6.86. The van der Waals surface area contributed by atoms with Crippen molar-refractivity contribution in [3.63, 3.8) is 0 Å². The van der Waals surface area contributed by atoms with Crippen LogP contribution in [0.5, 0.6) is 0 Å². The van der Waals surface area contributed by atoms with Crippen molar-refractivity contribution < 1.29 is 0 Å². The second-order valence-corrected chi connectivity index (χ2v) is 1.88. The number of nitrogens with zero attached hydrogens (tertiary/aromatic N) is 2. The van der Waals surface area contributed by atoms with E-state index in [1.807, 2.05) is 19.1 Å². The third-order valence-electron chi connectivity index (χ3n) is 1.14. The minimum atomic E-state index is 0.504. The molecule has 1 radical (unpaired) electrons. The molecule has 0 atom stereocenters. The summed E-state index contributed by atoms with van der Waals surface area (Å²) >= 11 is 0. The fourth-order valence-electron chi connectivity index (χ4n) is 0.713. The van der Waals surface area contributed by atoms with Crippen molar-refractivity contribution in [2.45, 2.75) is 6.92 Å². The third-order valence-corrected chi connectivity index (χ3v) is 1.14. The van der Waals surface area contributed by atoms with E-state index in [0.29, 0.717) is 5.82 Å². The Balaban J connectivity index is 2.81. The van der Waals surface area contributed by atoms with Crippen molar-refractivity contribution in [3.05, 3.63) is 18.3 Å². The summed E-state index contributed by atoms with van der Waals surface area (Å²) in [5.41, 5.74) is 6.28. The van der Waals surface area contributed by atoms with Crippen LogP contribution in [0.4, 0.5) is 11.5 Å². The summed E-state index contributed by atoms with van der Waals surface area (Å²) in [6.07, 6.45) is 1.66. The summed E-state index contributed by atoms with van der Waals surface area (Å²) in [5, 5.41) is 4.12. The van der Waals surface area contributed by atoms with Crippen LogP contribution in [-0.2, 0) is 0 Å². The molecule has 0 saturated heterocycles. The normalized spacial score (nSPS) is 9.30. The monoisotopic (exact) mass is 136 g/mol. The van der Waals surface area contributed by atoms with Crippen LogP contribution in [-0.4, -0.2) is 11.5 Å². The summed E-state index contributed by atoms with van der Waals surface area (Å²) in [4.78, 5) is 3.88. The van der Waals surface area contributed by atoms with E-state index >= 15 is 0 Å². The van der Waals surface area contributed by atoms with Crippen molar-refractivity contribution in [2.24, 2.45) is 0 Å². The first-order valence-corrected chi connectivity index (χ1v) is 3.22. The molecule has 0 aromatic carbocycles. The lowest BCUT2D eigenvalue weighted by Gasteiger charge is -2.00. The molecule has 1 rings (SSSR count). The van der Waals surface area contributed by atoms with Gasteiger partial charge in [-0.1, -0.05) is 0 Å². The number of rotatable bonds is 2. The predicted molar refractivity (Wildman–Crippen MR) is 41.0 cm³/mol. The van der Waals surface area contributed by atoms with Gasteiger partial charge in [0.25, 0.3) is 0 Å². The van der Waals surface area contributed by atoms with Crippen LogP contribution in [0, 0.1) is 0 Å². The van der Waals surface area contributed by atoms with E-state index in [4.69, 9.17) is 5.73 Å². The molecule has 10 heavy (non-hydrogen) atoms. The highest BCUT2D eigenvalue weighted by atomic mass is 14.9. The summed E-state index contributed by atoms with van der Waals surface area (Å²) in [5.74, 6) is 0.504. The van der Waals surface area contributed by atoms with Gasteiger partial charge in [0.05, 0.1) is 5.69 Å². The lowest BCUT2D eigenvalue weighted by Crippen LogP contribution is -2.00. The van der Waals surface area contributed by atoms with Crippen molar-refractivity contribution in [2.75, 3.05) is 12.3 Å². The molecule has 0 amide bonds. The summed E-state index contributed by atoms with van der Waals surface area (Å²) in [7, 11) is 0. The molecule has 1 aromatic heterocycles. The summed E-state index contributed by atoms with van der Waals surface area (Å²) in [6.45, 7) is 2.71. The minimum absolute atomic E-state index is 0.504. The molecule has 0 spiro atoms. The van der Waals surface area contributed by atoms with E-state index in [0.717, 1.165) is 12.2 Å². The summed E-state index contributed by atoms with van der Waals surface area (Å²) < 4.78 is 0. The van der Waals surface area contributed by atoms with Crippen LogP contribution in [0.3, 0.4) is 0 Å². The second kappa shape index (κ2) is 3.06. The lowest BCUT2D eigenvalue weighted by molar-refractivity contribution is 0.909. The smallest absolute Gasteiger partial charge is 0.148 e. The molecule has 0 aliphatic heterocycles. The van der Waals surface area contributed by atoms with Gasteiger partial charge in [0.1, 0.15) is 5.82 Å². The molecule has 1 aromatic rings. The van der Waals surface area contributed by atoms with Crippen LogP contribution >= 0.6 is 0 Å². The average Bonchev–Trinajstić information content (AvgIpc) is 1.94. The Morgan fingerprint density at radius 3 is 3.10 bits per heavy atom. The van der Waals surface area contributed by atoms with Gasteiger partial charge in [-0.2, -0.15) is 0 Å². The molecule has 0 aliphatic rings. The third kappa shape index (κ3) is 1.37. The molecule has 0 bridgehead atoms. The van der Waals surface area contributed by atoms with E-state index in [-0.39, 0.29) is 0 Å². The zero-order chi connectivity index (χ0) is 7.40. The maximum absolute atomic E-state index is 5.50. The quantitative estimate of drug-likeness (QED) is 0.657. The van der Waals surface area contributed by atoms with E-state index in [1.165, 1.54) is 0 Å². The van der Waals surface area contributed by atoms with Crippen molar-refractivity contribution in [3.8, 4) is 0 Å². The zero-order valence-electron chi connectivity index (χ0n) is 5.91. The molecule has 2 N–H and O–H groups in total. The van der Waals surface area contributed by atoms with Crippen molar-refractivity contribution in [1.29, 1.82) is 0 Å². The maximum atomic E-state index is 5.50. The lowest BCUT2D eigenvalue weighted by atomic mass is 10.4. The highest BCUT2D eigenvalue weighted by Crippen LogP contribution is 2.12. The average molecular weight is 136 g/mol. The predicted octanol–water partition coefficient (Wildman–Crippen LogP) is 0.920. The summed E-state index contributed by atoms with van der Waals surface area (Å²) in [6, 6.07) is 3.68. The number of hydrogen-bond donors (Lipinski definition) is 1. The topological polar surface area (TPSA) is 53.0 Å². The first-order valence-electron chi connectivity index (χ1n) is 3.22. The van der Waals surface area contributed by atoms with E-state index < -0.39 is 0 Å². The molecule has 0 aliphatic carbocycles. The molecule has 0 unspecified atom stereocenters. The molecule has 3 nitrogen and oxygen atoms in total. The van der Waals surface area contributed by atoms with Gasteiger partial charge < -0.3 is 5.73 Å². The second-order valence-electron chi connectivity index (χ2n) is 1.88. The number of pyridine rings is 1. The standard InChI is InChI=1S/C7H10N3/c1-2-9-6-4-3-5-10-7(6)8/h3-5H,2H2,1H3,(H2,8,10). The number of aromatic nitrogens is 1. The van der Waals surface area contributed by atoms with Gasteiger partial charge in [0.15, 0.2) is 0 Å². The van der Waals surface area contributed by atoms with Gasteiger partial charge in [-0.3, -0.25) is 5.32 Å². The minimum Gasteiger partial charge on any atom is -0.382 e. The van der Waals surface area contributed by atoms with Crippen molar-refractivity contribution in [1.82, 2.24) is 10.3 Å². The number of hydrogen-bond acceptors (Lipinski definition) is 2. The first-order chi connectivity index (χ1) is 4.84. The van der Waals surface area contributed by atoms with Crippen LogP contribution in [0.2, 0.25) is 0 Å². The molecule has 53 valence electrons. The Kier molecular flexibility index (Phi) is 2.10. The Morgan fingerprint density at radius 2 is 2.50 bits per heavy atom. The molecular weight excluding hydrogens is 126 g/mol. The van der Waals surface area contributed by atoms with Crippen LogP contribution in [0.25, 0.3) is 0 Å². The largest absolute Gasteiger partial charge is 0.382 e. The highest BCUT2D eigenvalue weighted by molar-refractivity contribution is 5.55. The fourth-order valence-corrected chi connectivity index (χ4v) is 0.713. The van der Waals surface area contributed by atoms with E-state index in [2.05, 4.69) is 10.3 Å².